The maximum Gasteiger partial charge on any atom is 0.227 e. The first-order valence-electron chi connectivity index (χ1n) is 9.76. The number of rotatable bonds is 7. The van der Waals surface area contributed by atoms with Crippen LogP contribution in [0.4, 0.5) is 0 Å². The zero-order valence-corrected chi connectivity index (χ0v) is 17.2. The number of carbonyl (C=O) groups excluding carboxylic acids is 1. The maximum absolute atomic E-state index is 13.2. The number of hydrogen-bond acceptors (Lipinski definition) is 5. The van der Waals surface area contributed by atoms with Crippen LogP contribution in [0.25, 0.3) is 0 Å². The molecule has 1 aromatic rings. The van der Waals surface area contributed by atoms with Gasteiger partial charge in [0.1, 0.15) is 0 Å². The molecule has 0 spiro atoms. The number of likely N-dealkylation sites (N-methyl/N-ethyl adjacent to an activating group) is 1. The molecule has 0 aliphatic carbocycles. The quantitative estimate of drug-likeness (QED) is 0.694. The Balaban J connectivity index is 1.63. The fraction of sp³-hybridized carbons (Fsp3) is 0.650. The van der Waals surface area contributed by atoms with E-state index in [9.17, 15) is 13.2 Å². The van der Waals surface area contributed by atoms with Crippen LogP contribution >= 0.6 is 0 Å². The second-order valence-electron chi connectivity index (χ2n) is 8.10. The van der Waals surface area contributed by atoms with Crippen molar-refractivity contribution in [2.45, 2.75) is 25.4 Å². The van der Waals surface area contributed by atoms with Gasteiger partial charge in [-0.2, -0.15) is 0 Å². The lowest BCUT2D eigenvalue weighted by atomic mass is 10.1. The Kier molecular flexibility index (Phi) is 6.55. The molecule has 2 aliphatic rings. The number of nitrogens with zero attached hydrogens (tertiary/aromatic N) is 3. The van der Waals surface area contributed by atoms with E-state index in [1.165, 1.54) is 5.56 Å². The van der Waals surface area contributed by atoms with E-state index in [0.717, 1.165) is 32.6 Å². The van der Waals surface area contributed by atoms with Gasteiger partial charge in [0.15, 0.2) is 9.84 Å². The molecule has 0 bridgehead atoms. The number of benzene rings is 1. The van der Waals surface area contributed by atoms with E-state index in [1.807, 2.05) is 42.1 Å². The van der Waals surface area contributed by atoms with Crippen LogP contribution < -0.4 is 0 Å². The molecule has 2 heterocycles. The van der Waals surface area contributed by atoms with Crippen LogP contribution in [0.2, 0.25) is 0 Å². The largest absolute Gasteiger partial charge is 0.337 e. The van der Waals surface area contributed by atoms with E-state index >= 15 is 0 Å². The highest BCUT2D eigenvalue weighted by molar-refractivity contribution is 7.91. The lowest BCUT2D eigenvalue weighted by Gasteiger charge is -2.31. The Bertz CT molecular complexity index is 736. The molecule has 7 heteroatoms. The van der Waals surface area contributed by atoms with Crippen molar-refractivity contribution < 1.29 is 13.2 Å². The van der Waals surface area contributed by atoms with Crippen LogP contribution in [-0.2, 0) is 21.2 Å². The molecule has 0 radical (unpaired) electrons. The van der Waals surface area contributed by atoms with Crippen LogP contribution in [0.3, 0.4) is 0 Å². The molecular formula is C20H31N3O3S. The smallest absolute Gasteiger partial charge is 0.227 e. The summed E-state index contributed by atoms with van der Waals surface area (Å²) >= 11 is 0. The average molecular weight is 394 g/mol. The predicted molar refractivity (Wildman–Crippen MR) is 107 cm³/mol. The minimum atomic E-state index is -3.01. The second kappa shape index (κ2) is 8.71. The average Bonchev–Trinajstić information content (AvgIpc) is 3.22. The van der Waals surface area contributed by atoms with Crippen molar-refractivity contribution in [2.75, 3.05) is 51.8 Å². The van der Waals surface area contributed by atoms with Crippen molar-refractivity contribution in [3.05, 3.63) is 35.9 Å². The predicted octanol–water partition coefficient (Wildman–Crippen LogP) is 1.09. The summed E-state index contributed by atoms with van der Waals surface area (Å²) in [6.45, 7) is 3.88. The number of likely N-dealkylation sites (tertiary alicyclic amines) is 1. The molecule has 0 aromatic heterocycles. The van der Waals surface area contributed by atoms with Gasteiger partial charge in [0, 0.05) is 32.2 Å². The summed E-state index contributed by atoms with van der Waals surface area (Å²) in [6, 6.07) is 10.2. The van der Waals surface area contributed by atoms with Gasteiger partial charge in [0.2, 0.25) is 5.91 Å². The molecule has 150 valence electrons. The summed E-state index contributed by atoms with van der Waals surface area (Å²) < 4.78 is 23.9. The summed E-state index contributed by atoms with van der Waals surface area (Å²) in [5.74, 6) is 0.426. The molecule has 2 unspecified atom stereocenters. The molecule has 6 nitrogen and oxygen atoms in total. The Morgan fingerprint density at radius 3 is 2.52 bits per heavy atom. The maximum atomic E-state index is 13.2. The van der Waals surface area contributed by atoms with Crippen LogP contribution in [0.5, 0.6) is 0 Å². The van der Waals surface area contributed by atoms with E-state index in [0.29, 0.717) is 13.0 Å². The number of amides is 1. The first-order chi connectivity index (χ1) is 12.8. The minimum absolute atomic E-state index is 0.0285. The highest BCUT2D eigenvalue weighted by Gasteiger charge is 2.38. The van der Waals surface area contributed by atoms with E-state index < -0.39 is 9.84 Å². The van der Waals surface area contributed by atoms with Gasteiger partial charge in [-0.15, -0.1) is 0 Å². The van der Waals surface area contributed by atoms with Crippen molar-refractivity contribution >= 4 is 15.7 Å². The molecule has 0 N–H and O–H groups in total. The molecule has 27 heavy (non-hydrogen) atoms. The normalized spacial score (nSPS) is 25.1. The third kappa shape index (κ3) is 5.53. The second-order valence-corrected chi connectivity index (χ2v) is 10.3. The molecule has 3 rings (SSSR count). The van der Waals surface area contributed by atoms with Gasteiger partial charge in [-0.05, 0) is 39.0 Å². The Labute approximate surface area is 163 Å². The minimum Gasteiger partial charge on any atom is -0.337 e. The van der Waals surface area contributed by atoms with E-state index in [-0.39, 0.29) is 29.4 Å². The summed E-state index contributed by atoms with van der Waals surface area (Å²) in [5.41, 5.74) is 1.26. The van der Waals surface area contributed by atoms with Gasteiger partial charge >= 0.3 is 0 Å². The molecular weight excluding hydrogens is 362 g/mol. The van der Waals surface area contributed by atoms with Crippen molar-refractivity contribution in [3.8, 4) is 0 Å². The summed E-state index contributed by atoms with van der Waals surface area (Å²) in [6.07, 6.45) is 1.42. The molecule has 2 atom stereocenters. The van der Waals surface area contributed by atoms with Gasteiger partial charge in [-0.1, -0.05) is 30.3 Å². The van der Waals surface area contributed by atoms with Gasteiger partial charge < -0.3 is 9.80 Å². The Hall–Kier alpha value is -1.44. The SMILES string of the molecule is CN(C)CCN(C(=O)C1CCN(Cc2ccccc2)C1)C1CCS(=O)(=O)C1. The molecule has 2 fully saturated rings. The highest BCUT2D eigenvalue weighted by atomic mass is 32.2. The fourth-order valence-electron chi connectivity index (χ4n) is 4.06. The highest BCUT2D eigenvalue weighted by Crippen LogP contribution is 2.25. The van der Waals surface area contributed by atoms with Crippen molar-refractivity contribution in [2.24, 2.45) is 5.92 Å². The number of hydrogen-bond donors (Lipinski definition) is 0. The summed E-state index contributed by atoms with van der Waals surface area (Å²) in [7, 11) is 0.949. The zero-order chi connectivity index (χ0) is 19.4. The molecule has 0 saturated carbocycles. The summed E-state index contributed by atoms with van der Waals surface area (Å²) in [4.78, 5) is 19.5. The van der Waals surface area contributed by atoms with Crippen LogP contribution in [0, 0.1) is 5.92 Å². The van der Waals surface area contributed by atoms with Gasteiger partial charge in [0.25, 0.3) is 0 Å². The Morgan fingerprint density at radius 2 is 1.89 bits per heavy atom. The van der Waals surface area contributed by atoms with E-state index in [2.05, 4.69) is 17.0 Å². The van der Waals surface area contributed by atoms with Crippen molar-refractivity contribution in [1.29, 1.82) is 0 Å². The lowest BCUT2D eigenvalue weighted by molar-refractivity contribution is -0.137. The van der Waals surface area contributed by atoms with Crippen LogP contribution in [0.1, 0.15) is 18.4 Å². The molecule has 1 aromatic carbocycles. The van der Waals surface area contributed by atoms with Crippen molar-refractivity contribution in [1.82, 2.24) is 14.7 Å². The molecule has 1 amide bonds. The molecule has 2 aliphatic heterocycles. The number of carbonyl (C=O) groups is 1. The van der Waals surface area contributed by atoms with E-state index in [4.69, 9.17) is 0 Å². The summed E-state index contributed by atoms with van der Waals surface area (Å²) in [5, 5.41) is 0. The van der Waals surface area contributed by atoms with Gasteiger partial charge in [-0.3, -0.25) is 9.69 Å². The molecule has 2 saturated heterocycles. The first kappa shape index (κ1) is 20.3. The standard InChI is InChI=1S/C20H31N3O3S/c1-21(2)11-12-23(19-9-13-27(25,26)16-19)20(24)18-8-10-22(15-18)14-17-6-4-3-5-7-17/h3-7,18-19H,8-16H2,1-2H3. The first-order valence-corrected chi connectivity index (χ1v) is 11.6. The lowest BCUT2D eigenvalue weighted by Crippen LogP contribution is -2.47. The van der Waals surface area contributed by atoms with Gasteiger partial charge in [-0.25, -0.2) is 8.42 Å². The van der Waals surface area contributed by atoms with Crippen LogP contribution in [0.15, 0.2) is 30.3 Å². The monoisotopic (exact) mass is 393 g/mol. The zero-order valence-electron chi connectivity index (χ0n) is 16.4. The number of sulfone groups is 1. The third-order valence-corrected chi connectivity index (χ3v) is 7.34. The topological polar surface area (TPSA) is 60.9 Å². The Morgan fingerprint density at radius 1 is 1.15 bits per heavy atom. The van der Waals surface area contributed by atoms with E-state index in [1.54, 1.807) is 0 Å². The van der Waals surface area contributed by atoms with Gasteiger partial charge in [0.05, 0.1) is 17.4 Å². The van der Waals surface area contributed by atoms with Crippen molar-refractivity contribution in [3.63, 3.8) is 0 Å². The third-order valence-electron chi connectivity index (χ3n) is 5.59. The fourth-order valence-corrected chi connectivity index (χ4v) is 5.79. The van der Waals surface area contributed by atoms with Crippen LogP contribution in [-0.4, -0.2) is 86.8 Å².